The van der Waals surface area contributed by atoms with E-state index in [1.165, 1.54) is 77.9 Å². The molecule has 0 aliphatic carbocycles. The van der Waals surface area contributed by atoms with E-state index in [-0.39, 0.29) is 10.8 Å². The Bertz CT molecular complexity index is 2010. The molecule has 39 heavy (non-hydrogen) atoms. The average molecular weight is 503 g/mol. The van der Waals surface area contributed by atoms with E-state index in [4.69, 9.17) is 0 Å². The molecule has 0 radical (unpaired) electrons. The second-order valence-electron chi connectivity index (χ2n) is 12.6. The molecular formula is C37H30N2. The molecule has 0 atom stereocenters. The summed E-state index contributed by atoms with van der Waals surface area (Å²) in [6, 6.07) is 36.7. The number of rotatable bonds is 1. The van der Waals surface area contributed by atoms with Crippen molar-refractivity contribution in [2.45, 2.75) is 44.9 Å². The standard InChI is InChI=1S/C37H30N2/c1-36(2)27-14-9-13-25-26-20-24(38-31-17-7-5-11-22(31)19-23-12-6-8-18-32(23)38)21-30-34(26)39(33(25)27)35-28(36)15-10-16-29(35)37(30,3)4/h5-18,20-21H,19H2,1-4H3. The zero-order valence-corrected chi connectivity index (χ0v) is 22.8. The van der Waals surface area contributed by atoms with Gasteiger partial charge in [0.1, 0.15) is 0 Å². The third kappa shape index (κ3) is 2.44. The molecule has 0 fully saturated rings. The Morgan fingerprint density at radius 3 is 1.79 bits per heavy atom. The predicted octanol–water partition coefficient (Wildman–Crippen LogP) is 9.44. The number of para-hydroxylation sites is 4. The van der Waals surface area contributed by atoms with Gasteiger partial charge in [-0.1, -0.05) is 100 Å². The van der Waals surface area contributed by atoms with E-state index in [1.807, 2.05) is 0 Å². The van der Waals surface area contributed by atoms with Crippen molar-refractivity contribution in [2.75, 3.05) is 4.90 Å². The lowest BCUT2D eigenvalue weighted by molar-refractivity contribution is 0.593. The third-order valence-corrected chi connectivity index (χ3v) is 9.93. The number of hydrogen-bond donors (Lipinski definition) is 0. The van der Waals surface area contributed by atoms with Crippen LogP contribution in [0, 0.1) is 0 Å². The molecule has 1 aromatic heterocycles. The highest BCUT2D eigenvalue weighted by Gasteiger charge is 2.43. The van der Waals surface area contributed by atoms with E-state index in [0.717, 1.165) is 6.42 Å². The minimum atomic E-state index is -0.133. The summed E-state index contributed by atoms with van der Waals surface area (Å²) in [7, 11) is 0. The quantitative estimate of drug-likeness (QED) is 0.217. The van der Waals surface area contributed by atoms with Crippen LogP contribution < -0.4 is 4.90 Å². The van der Waals surface area contributed by atoms with Crippen molar-refractivity contribution in [3.05, 3.63) is 130 Å². The number of nitrogens with zero attached hydrogens (tertiary/aromatic N) is 2. The first-order chi connectivity index (χ1) is 18.9. The van der Waals surface area contributed by atoms with E-state index < -0.39 is 0 Å². The molecule has 9 rings (SSSR count). The van der Waals surface area contributed by atoms with E-state index in [9.17, 15) is 0 Å². The van der Waals surface area contributed by atoms with Gasteiger partial charge in [0.2, 0.25) is 0 Å². The first-order valence-corrected chi connectivity index (χ1v) is 14.1. The van der Waals surface area contributed by atoms with Crippen LogP contribution in [-0.4, -0.2) is 4.57 Å². The highest BCUT2D eigenvalue weighted by Crippen LogP contribution is 2.56. The highest BCUT2D eigenvalue weighted by molar-refractivity contribution is 6.15. The molecule has 0 unspecified atom stereocenters. The van der Waals surface area contributed by atoms with Crippen LogP contribution in [0.5, 0.6) is 0 Å². The predicted molar refractivity (Wildman–Crippen MR) is 163 cm³/mol. The Hall–Kier alpha value is -4.30. The van der Waals surface area contributed by atoms with Crippen molar-refractivity contribution in [1.82, 2.24) is 4.57 Å². The zero-order chi connectivity index (χ0) is 26.3. The van der Waals surface area contributed by atoms with Crippen LogP contribution in [0.1, 0.15) is 61.1 Å². The van der Waals surface area contributed by atoms with Gasteiger partial charge in [0, 0.05) is 45.1 Å². The van der Waals surface area contributed by atoms with Crippen LogP contribution in [0.4, 0.5) is 17.1 Å². The van der Waals surface area contributed by atoms with Crippen molar-refractivity contribution in [3.8, 4) is 5.69 Å². The van der Waals surface area contributed by atoms with Gasteiger partial charge in [-0.05, 0) is 57.6 Å². The molecule has 0 amide bonds. The molecule has 0 bridgehead atoms. The number of anilines is 3. The van der Waals surface area contributed by atoms with Crippen molar-refractivity contribution >= 4 is 38.9 Å². The van der Waals surface area contributed by atoms with Gasteiger partial charge in [0.25, 0.3) is 0 Å². The van der Waals surface area contributed by atoms with Crippen LogP contribution in [0.25, 0.3) is 27.5 Å². The smallest absolute Gasteiger partial charge is 0.0583 e. The van der Waals surface area contributed by atoms with Crippen molar-refractivity contribution in [3.63, 3.8) is 0 Å². The van der Waals surface area contributed by atoms with E-state index >= 15 is 0 Å². The molecule has 0 saturated carbocycles. The summed E-state index contributed by atoms with van der Waals surface area (Å²) in [5.41, 5.74) is 16.2. The van der Waals surface area contributed by atoms with E-state index in [1.54, 1.807) is 0 Å². The van der Waals surface area contributed by atoms with Gasteiger partial charge in [-0.2, -0.15) is 0 Å². The maximum atomic E-state index is 2.61. The summed E-state index contributed by atoms with van der Waals surface area (Å²) >= 11 is 0. The van der Waals surface area contributed by atoms with Gasteiger partial charge in [0.05, 0.1) is 16.7 Å². The average Bonchev–Trinajstić information content (AvgIpc) is 3.28. The summed E-state index contributed by atoms with van der Waals surface area (Å²) in [6.45, 7) is 9.63. The Morgan fingerprint density at radius 2 is 1.10 bits per heavy atom. The normalized spacial score (nSPS) is 17.0. The fraction of sp³-hybridized carbons (Fsp3) is 0.189. The van der Waals surface area contributed by atoms with Gasteiger partial charge < -0.3 is 9.47 Å². The molecule has 2 nitrogen and oxygen atoms in total. The lowest BCUT2D eigenvalue weighted by Gasteiger charge is -2.42. The van der Waals surface area contributed by atoms with Gasteiger partial charge in [0.15, 0.2) is 0 Å². The molecule has 0 N–H and O–H groups in total. The lowest BCUT2D eigenvalue weighted by atomic mass is 9.68. The second kappa shape index (κ2) is 6.82. The molecular weight excluding hydrogens is 472 g/mol. The molecule has 4 heterocycles. The minimum Gasteiger partial charge on any atom is -0.310 e. The van der Waals surface area contributed by atoms with Crippen LogP contribution in [0.3, 0.4) is 0 Å². The van der Waals surface area contributed by atoms with Crippen molar-refractivity contribution < 1.29 is 0 Å². The fourth-order valence-electron chi connectivity index (χ4n) is 7.97. The summed E-state index contributed by atoms with van der Waals surface area (Å²) in [4.78, 5) is 2.50. The first-order valence-electron chi connectivity index (χ1n) is 14.1. The topological polar surface area (TPSA) is 8.17 Å². The molecule has 6 aromatic rings. The molecule has 188 valence electrons. The summed E-state index contributed by atoms with van der Waals surface area (Å²) in [5, 5.41) is 2.71. The monoisotopic (exact) mass is 502 g/mol. The zero-order valence-electron chi connectivity index (χ0n) is 22.8. The van der Waals surface area contributed by atoms with Crippen molar-refractivity contribution in [2.24, 2.45) is 0 Å². The molecule has 2 heteroatoms. The number of hydrogen-bond acceptors (Lipinski definition) is 1. The largest absolute Gasteiger partial charge is 0.310 e. The Balaban J connectivity index is 1.47. The van der Waals surface area contributed by atoms with Crippen LogP contribution in [-0.2, 0) is 17.3 Å². The molecule has 3 aliphatic rings. The van der Waals surface area contributed by atoms with Crippen molar-refractivity contribution in [1.29, 1.82) is 0 Å². The van der Waals surface area contributed by atoms with Gasteiger partial charge in [-0.15, -0.1) is 0 Å². The van der Waals surface area contributed by atoms with Crippen LogP contribution in [0.15, 0.2) is 97.1 Å². The number of benzene rings is 5. The van der Waals surface area contributed by atoms with Crippen LogP contribution in [0.2, 0.25) is 0 Å². The molecule has 0 spiro atoms. The SMILES string of the molecule is CC1(C)c2cccc3c2-n2c4c1cccc4c1cc(N4c5ccccc5Cc5ccccc54)cc(c12)C3(C)C. The third-order valence-electron chi connectivity index (χ3n) is 9.93. The van der Waals surface area contributed by atoms with Gasteiger partial charge >= 0.3 is 0 Å². The summed E-state index contributed by atoms with van der Waals surface area (Å²) in [5.74, 6) is 0. The molecule has 0 saturated heterocycles. The Labute approximate surface area is 229 Å². The van der Waals surface area contributed by atoms with Crippen LogP contribution >= 0.6 is 0 Å². The Kier molecular flexibility index (Phi) is 3.78. The van der Waals surface area contributed by atoms with E-state index in [0.29, 0.717) is 0 Å². The van der Waals surface area contributed by atoms with E-state index in [2.05, 4.69) is 134 Å². The van der Waals surface area contributed by atoms with Gasteiger partial charge in [-0.25, -0.2) is 0 Å². The molecule has 3 aliphatic heterocycles. The van der Waals surface area contributed by atoms with Gasteiger partial charge in [-0.3, -0.25) is 0 Å². The second-order valence-corrected chi connectivity index (χ2v) is 12.6. The number of aromatic nitrogens is 1. The minimum absolute atomic E-state index is 0.0591. The summed E-state index contributed by atoms with van der Waals surface area (Å²) in [6.07, 6.45) is 0.970. The maximum absolute atomic E-state index is 2.61. The fourth-order valence-corrected chi connectivity index (χ4v) is 7.97. The maximum Gasteiger partial charge on any atom is 0.0583 e. The highest BCUT2D eigenvalue weighted by atomic mass is 15.2. The number of fused-ring (bicyclic) bond motifs is 3. The lowest BCUT2D eigenvalue weighted by Crippen LogP contribution is -2.33. The first kappa shape index (κ1) is 21.6. The summed E-state index contributed by atoms with van der Waals surface area (Å²) < 4.78 is 2.61. The molecule has 5 aromatic carbocycles. The Morgan fingerprint density at radius 1 is 0.538 bits per heavy atom.